The van der Waals surface area contributed by atoms with Crippen LogP contribution in [0.2, 0.25) is 0 Å². The van der Waals surface area contributed by atoms with Gasteiger partial charge >= 0.3 is 5.97 Å². The molecule has 132 valence electrons. The normalized spacial score (nSPS) is 12.8. The first-order valence-electron chi connectivity index (χ1n) is 8.02. The third-order valence-corrected chi connectivity index (χ3v) is 4.02. The monoisotopic (exact) mass is 352 g/mol. The van der Waals surface area contributed by atoms with Crippen LogP contribution in [-0.2, 0) is 20.7 Å². The van der Waals surface area contributed by atoms with E-state index in [1.165, 1.54) is 24.3 Å². The highest BCUT2D eigenvalue weighted by atomic mass is 16.6. The number of carbonyl (C=O) groups excluding carboxylic acids is 2. The second kappa shape index (κ2) is 7.60. The Morgan fingerprint density at radius 1 is 1.19 bits per heavy atom. The Morgan fingerprint density at radius 3 is 2.81 bits per heavy atom. The molecule has 3 rings (SSSR count). The fraction of sp³-hybridized carbons (Fsp3) is 0.158. The number of ether oxygens (including phenoxy) is 1. The fourth-order valence-electron chi connectivity index (χ4n) is 2.76. The van der Waals surface area contributed by atoms with Gasteiger partial charge in [0.25, 0.3) is 11.6 Å². The molecule has 0 bridgehead atoms. The number of nitro groups is 1. The van der Waals surface area contributed by atoms with Crippen LogP contribution in [0.4, 0.5) is 11.4 Å². The number of rotatable bonds is 5. The number of carbonyl (C=O) groups is 2. The summed E-state index contributed by atoms with van der Waals surface area (Å²) in [7, 11) is 0. The Bertz CT molecular complexity index is 891. The average molecular weight is 352 g/mol. The molecule has 0 saturated heterocycles. The Morgan fingerprint density at radius 2 is 2.00 bits per heavy atom. The lowest BCUT2D eigenvalue weighted by Gasteiger charge is -2.16. The molecule has 2 aromatic rings. The van der Waals surface area contributed by atoms with E-state index in [1.54, 1.807) is 11.0 Å². The summed E-state index contributed by atoms with van der Waals surface area (Å²) in [5.74, 6) is -0.968. The zero-order chi connectivity index (χ0) is 18.5. The molecule has 26 heavy (non-hydrogen) atoms. The predicted octanol–water partition coefficient (Wildman–Crippen LogP) is 2.74. The van der Waals surface area contributed by atoms with Crippen LogP contribution in [0.1, 0.15) is 11.1 Å². The van der Waals surface area contributed by atoms with E-state index in [4.69, 9.17) is 4.74 Å². The number of para-hydroxylation sites is 1. The lowest BCUT2D eigenvalue weighted by Crippen LogP contribution is -2.33. The molecule has 1 amide bonds. The Hall–Kier alpha value is -3.48. The summed E-state index contributed by atoms with van der Waals surface area (Å²) in [6, 6.07) is 13.5. The molecule has 1 heterocycles. The van der Waals surface area contributed by atoms with Gasteiger partial charge in [-0.3, -0.25) is 14.9 Å². The van der Waals surface area contributed by atoms with Crippen molar-refractivity contribution in [2.24, 2.45) is 0 Å². The number of amides is 1. The van der Waals surface area contributed by atoms with Crippen LogP contribution < -0.4 is 4.90 Å². The van der Waals surface area contributed by atoms with E-state index in [2.05, 4.69) is 0 Å². The molecule has 0 unspecified atom stereocenters. The minimum atomic E-state index is -0.683. The molecule has 0 saturated carbocycles. The van der Waals surface area contributed by atoms with Gasteiger partial charge in [0.2, 0.25) is 0 Å². The highest BCUT2D eigenvalue weighted by Crippen LogP contribution is 2.27. The van der Waals surface area contributed by atoms with Gasteiger partial charge in [-0.25, -0.2) is 4.79 Å². The van der Waals surface area contributed by atoms with E-state index < -0.39 is 10.9 Å². The number of fused-ring (bicyclic) bond motifs is 1. The van der Waals surface area contributed by atoms with E-state index in [-0.39, 0.29) is 18.2 Å². The van der Waals surface area contributed by atoms with Crippen molar-refractivity contribution in [1.29, 1.82) is 0 Å². The maximum atomic E-state index is 12.3. The number of benzene rings is 2. The number of hydrogen-bond acceptors (Lipinski definition) is 5. The van der Waals surface area contributed by atoms with Gasteiger partial charge in [-0.15, -0.1) is 0 Å². The van der Waals surface area contributed by atoms with Gasteiger partial charge in [0.1, 0.15) is 0 Å². The molecule has 2 aromatic carbocycles. The van der Waals surface area contributed by atoms with Crippen LogP contribution in [-0.4, -0.2) is 30.0 Å². The topological polar surface area (TPSA) is 89.7 Å². The molecule has 7 nitrogen and oxygen atoms in total. The number of anilines is 1. The molecule has 0 N–H and O–H groups in total. The van der Waals surface area contributed by atoms with Gasteiger partial charge in [0.15, 0.2) is 6.61 Å². The van der Waals surface area contributed by atoms with Crippen LogP contribution in [0, 0.1) is 10.1 Å². The van der Waals surface area contributed by atoms with Gasteiger partial charge in [-0.2, -0.15) is 0 Å². The summed E-state index contributed by atoms with van der Waals surface area (Å²) < 4.78 is 4.98. The van der Waals surface area contributed by atoms with Crippen LogP contribution in [0.15, 0.2) is 54.6 Å². The summed E-state index contributed by atoms with van der Waals surface area (Å²) in [5.41, 5.74) is 2.37. The van der Waals surface area contributed by atoms with Crippen molar-refractivity contribution in [3.05, 3.63) is 75.8 Å². The highest BCUT2D eigenvalue weighted by molar-refractivity contribution is 5.98. The van der Waals surface area contributed by atoms with Crippen molar-refractivity contribution < 1.29 is 19.2 Å². The smallest absolute Gasteiger partial charge is 0.331 e. The van der Waals surface area contributed by atoms with Crippen molar-refractivity contribution in [2.75, 3.05) is 18.1 Å². The predicted molar refractivity (Wildman–Crippen MR) is 95.6 cm³/mol. The maximum absolute atomic E-state index is 12.3. The lowest BCUT2D eigenvalue weighted by molar-refractivity contribution is -0.384. The van der Waals surface area contributed by atoms with Gasteiger partial charge < -0.3 is 9.64 Å². The van der Waals surface area contributed by atoms with E-state index in [0.29, 0.717) is 12.1 Å². The average Bonchev–Trinajstić information content (AvgIpc) is 3.09. The minimum Gasteiger partial charge on any atom is -0.452 e. The molecular weight excluding hydrogens is 336 g/mol. The Balaban J connectivity index is 1.55. The summed E-state index contributed by atoms with van der Waals surface area (Å²) >= 11 is 0. The van der Waals surface area contributed by atoms with Crippen molar-refractivity contribution in [3.8, 4) is 0 Å². The first kappa shape index (κ1) is 17.3. The number of nitro benzene ring substituents is 1. The zero-order valence-electron chi connectivity index (χ0n) is 13.8. The quantitative estimate of drug-likeness (QED) is 0.357. The van der Waals surface area contributed by atoms with Crippen molar-refractivity contribution in [1.82, 2.24) is 0 Å². The van der Waals surface area contributed by atoms with Crippen molar-refractivity contribution in [3.63, 3.8) is 0 Å². The third-order valence-electron chi connectivity index (χ3n) is 4.02. The standard InChI is InChI=1S/C19H16N2O5/c22-18(20-11-10-15-5-1-2-7-17(15)20)13-26-19(23)9-8-14-4-3-6-16(12-14)21(24)25/h1-9,12H,10-11,13H2/b9-8+. The molecule has 0 fully saturated rings. The largest absolute Gasteiger partial charge is 0.452 e. The zero-order valence-corrected chi connectivity index (χ0v) is 13.8. The minimum absolute atomic E-state index is 0.0663. The number of esters is 1. The van der Waals surface area contributed by atoms with E-state index >= 15 is 0 Å². The molecule has 0 atom stereocenters. The summed E-state index contributed by atoms with van der Waals surface area (Å²) in [4.78, 5) is 35.9. The van der Waals surface area contributed by atoms with Crippen molar-refractivity contribution >= 4 is 29.3 Å². The molecule has 0 radical (unpaired) electrons. The van der Waals surface area contributed by atoms with E-state index in [1.807, 2.05) is 24.3 Å². The van der Waals surface area contributed by atoms with Crippen LogP contribution in [0.5, 0.6) is 0 Å². The molecular formula is C19H16N2O5. The van der Waals surface area contributed by atoms with E-state index in [9.17, 15) is 19.7 Å². The Kier molecular flexibility index (Phi) is 5.07. The molecule has 0 spiro atoms. The molecule has 0 aliphatic carbocycles. The van der Waals surface area contributed by atoms with Gasteiger partial charge in [0, 0.05) is 30.4 Å². The highest BCUT2D eigenvalue weighted by Gasteiger charge is 2.24. The first-order valence-corrected chi connectivity index (χ1v) is 8.02. The fourth-order valence-corrected chi connectivity index (χ4v) is 2.76. The summed E-state index contributed by atoms with van der Waals surface area (Å²) in [5, 5.41) is 10.7. The number of non-ortho nitro benzene ring substituents is 1. The van der Waals surface area contributed by atoms with Crippen molar-refractivity contribution in [2.45, 2.75) is 6.42 Å². The lowest BCUT2D eigenvalue weighted by atomic mass is 10.2. The molecule has 7 heteroatoms. The second-order valence-corrected chi connectivity index (χ2v) is 5.72. The van der Waals surface area contributed by atoms with Gasteiger partial charge in [-0.1, -0.05) is 30.3 Å². The molecule has 1 aliphatic heterocycles. The molecule has 1 aliphatic rings. The molecule has 0 aromatic heterocycles. The number of hydrogen-bond donors (Lipinski definition) is 0. The first-order chi connectivity index (χ1) is 12.5. The third kappa shape index (κ3) is 3.94. The SMILES string of the molecule is O=C(/C=C/c1cccc([N+](=O)[O-])c1)OCC(=O)N1CCc2ccccc21. The van der Waals surface area contributed by atoms with Crippen LogP contribution >= 0.6 is 0 Å². The Labute approximate surface area is 149 Å². The number of nitrogens with zero attached hydrogens (tertiary/aromatic N) is 2. The van der Waals surface area contributed by atoms with Gasteiger partial charge in [0.05, 0.1) is 4.92 Å². The van der Waals surface area contributed by atoms with Crippen LogP contribution in [0.25, 0.3) is 6.08 Å². The second-order valence-electron chi connectivity index (χ2n) is 5.72. The maximum Gasteiger partial charge on any atom is 0.331 e. The van der Waals surface area contributed by atoms with Gasteiger partial charge in [-0.05, 0) is 29.7 Å². The summed E-state index contributed by atoms with van der Waals surface area (Å²) in [6.45, 7) is 0.214. The van der Waals surface area contributed by atoms with Crippen LogP contribution in [0.3, 0.4) is 0 Å². The van der Waals surface area contributed by atoms with E-state index in [0.717, 1.165) is 23.7 Å². The summed E-state index contributed by atoms with van der Waals surface area (Å²) in [6.07, 6.45) is 3.33.